The van der Waals surface area contributed by atoms with Gasteiger partial charge in [-0.05, 0) is 76.9 Å². The van der Waals surface area contributed by atoms with Crippen molar-refractivity contribution in [3.8, 4) is 27.9 Å². The molecule has 2 heterocycles. The lowest BCUT2D eigenvalue weighted by Crippen LogP contribution is -1.93. The SMILES string of the molecule is Brc1cccc(-c2ccc3c4ccc(-c5ccc6sc7ccccc7c6c5)cc4n(-c4ccccc4)c3c2)c1. The Morgan fingerprint density at radius 2 is 1.05 bits per heavy atom. The van der Waals surface area contributed by atoms with Gasteiger partial charge in [0.25, 0.3) is 0 Å². The summed E-state index contributed by atoms with van der Waals surface area (Å²) in [6.45, 7) is 0. The summed E-state index contributed by atoms with van der Waals surface area (Å²) in [5.41, 5.74) is 8.48. The third kappa shape index (κ3) is 3.73. The Morgan fingerprint density at radius 3 is 1.79 bits per heavy atom. The van der Waals surface area contributed by atoms with Gasteiger partial charge in [0, 0.05) is 41.1 Å². The molecule has 8 rings (SSSR count). The third-order valence-electron chi connectivity index (χ3n) is 7.65. The number of nitrogens with zero attached hydrogens (tertiary/aromatic N) is 1. The van der Waals surface area contributed by atoms with E-state index in [1.165, 1.54) is 69.9 Å². The second-order valence-electron chi connectivity index (χ2n) is 9.95. The third-order valence-corrected chi connectivity index (χ3v) is 9.29. The lowest BCUT2D eigenvalue weighted by atomic mass is 10.0. The molecular weight excluding hydrogens is 558 g/mol. The Balaban J connectivity index is 1.38. The van der Waals surface area contributed by atoms with Gasteiger partial charge in [-0.2, -0.15) is 0 Å². The number of rotatable bonds is 3. The Hall–Kier alpha value is -4.18. The fourth-order valence-electron chi connectivity index (χ4n) is 5.81. The summed E-state index contributed by atoms with van der Waals surface area (Å²) in [5.74, 6) is 0. The van der Waals surface area contributed by atoms with Crippen molar-refractivity contribution in [3.63, 3.8) is 0 Å². The molecule has 0 saturated heterocycles. The van der Waals surface area contributed by atoms with E-state index in [0.29, 0.717) is 0 Å². The van der Waals surface area contributed by atoms with Gasteiger partial charge in [0.05, 0.1) is 11.0 Å². The van der Waals surface area contributed by atoms with Crippen LogP contribution in [0, 0.1) is 0 Å². The van der Waals surface area contributed by atoms with E-state index in [9.17, 15) is 0 Å². The molecule has 2 aromatic heterocycles. The van der Waals surface area contributed by atoms with Crippen LogP contribution in [0.4, 0.5) is 0 Å². The van der Waals surface area contributed by atoms with Crippen LogP contribution in [0.5, 0.6) is 0 Å². The Labute approximate surface area is 238 Å². The smallest absolute Gasteiger partial charge is 0.0547 e. The molecule has 0 amide bonds. The van der Waals surface area contributed by atoms with E-state index in [0.717, 1.165) is 4.47 Å². The number of benzene rings is 6. The molecule has 0 saturated carbocycles. The molecule has 1 nitrogen and oxygen atoms in total. The lowest BCUT2D eigenvalue weighted by Gasteiger charge is -2.10. The van der Waals surface area contributed by atoms with Crippen molar-refractivity contribution in [3.05, 3.63) is 138 Å². The molecule has 6 aromatic carbocycles. The van der Waals surface area contributed by atoms with E-state index in [2.05, 4.69) is 154 Å². The number of para-hydroxylation sites is 1. The van der Waals surface area contributed by atoms with Crippen LogP contribution in [0.2, 0.25) is 0 Å². The van der Waals surface area contributed by atoms with Crippen molar-refractivity contribution >= 4 is 69.2 Å². The van der Waals surface area contributed by atoms with Crippen LogP contribution in [0.3, 0.4) is 0 Å². The normalized spacial score (nSPS) is 11.7. The van der Waals surface area contributed by atoms with Crippen molar-refractivity contribution in [1.82, 2.24) is 4.57 Å². The van der Waals surface area contributed by atoms with Crippen molar-refractivity contribution in [2.45, 2.75) is 0 Å². The standard InChI is InChI=1S/C36H22BrNS/c37-27-8-6-7-23(19-27)25-13-16-29-30-17-14-26(22-34(30)38(33(29)21-25)28-9-2-1-3-10-28)24-15-18-36-32(20-24)31-11-4-5-12-35(31)39-36/h1-22H. The van der Waals surface area contributed by atoms with Crippen LogP contribution in [0.15, 0.2) is 138 Å². The number of halogens is 1. The van der Waals surface area contributed by atoms with Crippen LogP contribution in [0.25, 0.3) is 69.9 Å². The highest BCUT2D eigenvalue weighted by atomic mass is 79.9. The zero-order valence-corrected chi connectivity index (χ0v) is 23.3. The van der Waals surface area contributed by atoms with E-state index < -0.39 is 0 Å². The molecular formula is C36H22BrNS. The second-order valence-corrected chi connectivity index (χ2v) is 12.0. The quantitative estimate of drug-likeness (QED) is 0.196. The second kappa shape index (κ2) is 8.94. The van der Waals surface area contributed by atoms with E-state index in [1.807, 2.05) is 11.3 Å². The van der Waals surface area contributed by atoms with Crippen molar-refractivity contribution < 1.29 is 0 Å². The molecule has 39 heavy (non-hydrogen) atoms. The lowest BCUT2D eigenvalue weighted by molar-refractivity contribution is 1.18. The maximum atomic E-state index is 3.64. The van der Waals surface area contributed by atoms with Gasteiger partial charge in [0.2, 0.25) is 0 Å². The molecule has 0 unspecified atom stereocenters. The maximum absolute atomic E-state index is 3.64. The Bertz CT molecular complexity index is 2190. The zero-order valence-electron chi connectivity index (χ0n) is 20.9. The molecule has 184 valence electrons. The van der Waals surface area contributed by atoms with Gasteiger partial charge in [-0.1, -0.05) is 94.8 Å². The molecule has 0 atom stereocenters. The average Bonchev–Trinajstić information content (AvgIpc) is 3.52. The first-order valence-electron chi connectivity index (χ1n) is 13.0. The Kier molecular flexibility index (Phi) is 5.22. The van der Waals surface area contributed by atoms with Gasteiger partial charge in [0.1, 0.15) is 0 Å². The highest BCUT2D eigenvalue weighted by Gasteiger charge is 2.15. The summed E-state index contributed by atoms with van der Waals surface area (Å²) < 4.78 is 6.17. The molecule has 3 heteroatoms. The first-order chi connectivity index (χ1) is 19.2. The molecule has 0 radical (unpaired) electrons. The number of thiophene rings is 1. The van der Waals surface area contributed by atoms with Crippen LogP contribution in [-0.2, 0) is 0 Å². The summed E-state index contributed by atoms with van der Waals surface area (Å²) in [7, 11) is 0. The number of hydrogen-bond acceptors (Lipinski definition) is 1. The summed E-state index contributed by atoms with van der Waals surface area (Å²) in [5, 5.41) is 5.19. The van der Waals surface area contributed by atoms with Gasteiger partial charge in [-0.15, -0.1) is 11.3 Å². The summed E-state index contributed by atoms with van der Waals surface area (Å²) in [6.07, 6.45) is 0. The van der Waals surface area contributed by atoms with Crippen molar-refractivity contribution in [2.75, 3.05) is 0 Å². The predicted molar refractivity (Wildman–Crippen MR) is 172 cm³/mol. The summed E-state index contributed by atoms with van der Waals surface area (Å²) in [6, 6.07) is 48.6. The first-order valence-corrected chi connectivity index (χ1v) is 14.7. The van der Waals surface area contributed by atoms with E-state index in [4.69, 9.17) is 0 Å². The minimum absolute atomic E-state index is 1.09. The largest absolute Gasteiger partial charge is 0.309 e. The molecule has 0 spiro atoms. The predicted octanol–water partition coefficient (Wildman–Crippen LogP) is 11.2. The molecule has 0 aliphatic heterocycles. The monoisotopic (exact) mass is 579 g/mol. The number of hydrogen-bond donors (Lipinski definition) is 0. The van der Waals surface area contributed by atoms with Gasteiger partial charge in [0.15, 0.2) is 0 Å². The molecule has 0 fully saturated rings. The highest BCUT2D eigenvalue weighted by Crippen LogP contribution is 2.39. The summed E-state index contributed by atoms with van der Waals surface area (Å²) in [4.78, 5) is 0. The Morgan fingerprint density at radius 1 is 0.436 bits per heavy atom. The van der Waals surface area contributed by atoms with Crippen LogP contribution >= 0.6 is 27.3 Å². The fourth-order valence-corrected chi connectivity index (χ4v) is 7.29. The number of aromatic nitrogens is 1. The van der Waals surface area contributed by atoms with Gasteiger partial charge in [-0.25, -0.2) is 0 Å². The van der Waals surface area contributed by atoms with E-state index >= 15 is 0 Å². The van der Waals surface area contributed by atoms with E-state index in [1.54, 1.807) is 0 Å². The zero-order chi connectivity index (χ0) is 25.9. The van der Waals surface area contributed by atoms with Gasteiger partial charge >= 0.3 is 0 Å². The molecule has 0 N–H and O–H groups in total. The van der Waals surface area contributed by atoms with Crippen molar-refractivity contribution in [2.24, 2.45) is 0 Å². The topological polar surface area (TPSA) is 4.93 Å². The maximum Gasteiger partial charge on any atom is 0.0547 e. The molecule has 0 bridgehead atoms. The minimum Gasteiger partial charge on any atom is -0.309 e. The van der Waals surface area contributed by atoms with Crippen LogP contribution in [-0.4, -0.2) is 4.57 Å². The molecule has 0 aliphatic carbocycles. The highest BCUT2D eigenvalue weighted by molar-refractivity contribution is 9.10. The van der Waals surface area contributed by atoms with Crippen LogP contribution < -0.4 is 0 Å². The molecule has 0 aliphatic rings. The van der Waals surface area contributed by atoms with Crippen molar-refractivity contribution in [1.29, 1.82) is 0 Å². The van der Waals surface area contributed by atoms with E-state index in [-0.39, 0.29) is 0 Å². The van der Waals surface area contributed by atoms with Crippen LogP contribution in [0.1, 0.15) is 0 Å². The average molecular weight is 581 g/mol. The molecule has 8 aromatic rings. The fraction of sp³-hybridized carbons (Fsp3) is 0. The van der Waals surface area contributed by atoms with Gasteiger partial charge < -0.3 is 4.57 Å². The van der Waals surface area contributed by atoms with Gasteiger partial charge in [-0.3, -0.25) is 0 Å². The first kappa shape index (κ1) is 22.8. The minimum atomic E-state index is 1.09. The summed E-state index contributed by atoms with van der Waals surface area (Å²) >= 11 is 5.50. The number of fused-ring (bicyclic) bond motifs is 6.